The zero-order chi connectivity index (χ0) is 21.5. The fourth-order valence-electron chi connectivity index (χ4n) is 4.28. The highest BCUT2D eigenvalue weighted by Gasteiger charge is 2.21. The molecule has 0 saturated heterocycles. The molecule has 1 aromatic heterocycles. The maximum atomic E-state index is 12.6. The maximum Gasteiger partial charge on any atom is 0.223 e. The van der Waals surface area contributed by atoms with Crippen LogP contribution in [0, 0.1) is 5.92 Å². The van der Waals surface area contributed by atoms with E-state index in [9.17, 15) is 4.79 Å². The highest BCUT2D eigenvalue weighted by Crippen LogP contribution is 2.27. The highest BCUT2D eigenvalue weighted by atomic mass is 16.5. The molecular formula is C25H31N3O3. The van der Waals surface area contributed by atoms with Gasteiger partial charge in [-0.3, -0.25) is 4.79 Å². The molecule has 0 bridgehead atoms. The van der Waals surface area contributed by atoms with E-state index in [2.05, 4.69) is 16.0 Å². The van der Waals surface area contributed by atoms with E-state index in [1.54, 1.807) is 0 Å². The lowest BCUT2D eigenvalue weighted by Gasteiger charge is -2.20. The first-order chi connectivity index (χ1) is 15.3. The number of nitrogens with zero attached hydrogens (tertiary/aromatic N) is 2. The van der Waals surface area contributed by atoms with Crippen molar-refractivity contribution in [3.63, 3.8) is 0 Å². The van der Waals surface area contributed by atoms with Gasteiger partial charge < -0.3 is 19.4 Å². The third kappa shape index (κ3) is 5.19. The van der Waals surface area contributed by atoms with Gasteiger partial charge in [0.15, 0.2) is 11.5 Å². The molecule has 4 rings (SSSR count). The first-order valence-corrected chi connectivity index (χ1v) is 11.3. The van der Waals surface area contributed by atoms with Crippen molar-refractivity contribution in [3.8, 4) is 11.5 Å². The molecule has 0 radical (unpaired) electrons. The first kappa shape index (κ1) is 21.2. The summed E-state index contributed by atoms with van der Waals surface area (Å²) in [6.07, 6.45) is 5.53. The van der Waals surface area contributed by atoms with Crippen molar-refractivity contribution in [1.82, 2.24) is 14.9 Å². The van der Waals surface area contributed by atoms with Gasteiger partial charge in [-0.15, -0.1) is 0 Å². The smallest absolute Gasteiger partial charge is 0.223 e. The molecule has 2 aromatic carbocycles. The summed E-state index contributed by atoms with van der Waals surface area (Å²) in [5.41, 5.74) is 1.98. The van der Waals surface area contributed by atoms with Crippen LogP contribution in [0.2, 0.25) is 0 Å². The van der Waals surface area contributed by atoms with E-state index in [1.165, 1.54) is 6.42 Å². The summed E-state index contributed by atoms with van der Waals surface area (Å²) in [5, 5.41) is 3.12. The van der Waals surface area contributed by atoms with E-state index in [1.807, 2.05) is 49.4 Å². The summed E-state index contributed by atoms with van der Waals surface area (Å²) in [6.45, 7) is 4.10. The summed E-state index contributed by atoms with van der Waals surface area (Å²) in [7, 11) is 0. The Hall–Kier alpha value is -3.02. The largest absolute Gasteiger partial charge is 0.490 e. The number of hydrogen-bond acceptors (Lipinski definition) is 4. The zero-order valence-corrected chi connectivity index (χ0v) is 18.2. The number of aromatic nitrogens is 2. The van der Waals surface area contributed by atoms with Crippen molar-refractivity contribution in [1.29, 1.82) is 0 Å². The average Bonchev–Trinajstić information content (AvgIpc) is 3.17. The van der Waals surface area contributed by atoms with Crippen LogP contribution < -0.4 is 14.8 Å². The molecule has 1 aliphatic carbocycles. The summed E-state index contributed by atoms with van der Waals surface area (Å²) in [4.78, 5) is 17.4. The van der Waals surface area contributed by atoms with Crippen LogP contribution in [0.4, 0.5) is 0 Å². The number of carbonyl (C=O) groups is 1. The van der Waals surface area contributed by atoms with Crippen LogP contribution in [-0.2, 0) is 17.9 Å². The van der Waals surface area contributed by atoms with Gasteiger partial charge >= 0.3 is 0 Å². The molecule has 164 valence electrons. The average molecular weight is 422 g/mol. The minimum absolute atomic E-state index is 0.143. The van der Waals surface area contributed by atoms with Crippen molar-refractivity contribution in [3.05, 3.63) is 54.4 Å². The van der Waals surface area contributed by atoms with Gasteiger partial charge in [-0.2, -0.15) is 0 Å². The second-order valence-electron chi connectivity index (χ2n) is 7.95. The first-order valence-electron chi connectivity index (χ1n) is 11.3. The van der Waals surface area contributed by atoms with Crippen LogP contribution in [0.5, 0.6) is 11.5 Å². The van der Waals surface area contributed by atoms with Gasteiger partial charge in [-0.1, -0.05) is 43.5 Å². The Morgan fingerprint density at radius 3 is 2.52 bits per heavy atom. The predicted octanol–water partition coefficient (Wildman–Crippen LogP) is 4.71. The minimum atomic E-state index is 0.143. The third-order valence-corrected chi connectivity index (χ3v) is 5.85. The van der Waals surface area contributed by atoms with Gasteiger partial charge in [0.2, 0.25) is 5.91 Å². The van der Waals surface area contributed by atoms with Gasteiger partial charge in [0.1, 0.15) is 12.4 Å². The summed E-state index contributed by atoms with van der Waals surface area (Å²) < 4.78 is 13.8. The fraction of sp³-hybridized carbons (Fsp3) is 0.440. The Bertz CT molecular complexity index is 1010. The number of fused-ring (bicyclic) bond motifs is 1. The molecule has 1 fully saturated rings. The van der Waals surface area contributed by atoms with E-state index in [4.69, 9.17) is 14.5 Å². The molecule has 3 aromatic rings. The molecule has 1 heterocycles. The third-order valence-electron chi connectivity index (χ3n) is 5.85. The van der Waals surface area contributed by atoms with Crippen LogP contribution in [-0.4, -0.2) is 28.7 Å². The van der Waals surface area contributed by atoms with Gasteiger partial charge in [-0.25, -0.2) is 4.98 Å². The Morgan fingerprint density at radius 1 is 1.03 bits per heavy atom. The van der Waals surface area contributed by atoms with E-state index in [0.29, 0.717) is 26.3 Å². The predicted molar refractivity (Wildman–Crippen MR) is 121 cm³/mol. The molecule has 1 amide bonds. The maximum absolute atomic E-state index is 12.6. The summed E-state index contributed by atoms with van der Waals surface area (Å²) in [5.74, 6) is 2.64. The van der Waals surface area contributed by atoms with E-state index in [0.717, 1.165) is 54.0 Å². The summed E-state index contributed by atoms with van der Waals surface area (Å²) >= 11 is 0. The molecular weight excluding hydrogens is 390 g/mol. The number of hydrogen-bond donors (Lipinski definition) is 1. The second kappa shape index (κ2) is 10.3. The van der Waals surface area contributed by atoms with Gasteiger partial charge in [0.25, 0.3) is 0 Å². The Morgan fingerprint density at radius 2 is 1.74 bits per heavy atom. The quantitative estimate of drug-likeness (QED) is 0.543. The molecule has 0 aliphatic heterocycles. The van der Waals surface area contributed by atoms with Gasteiger partial charge in [-0.05, 0) is 44.0 Å². The number of benzene rings is 2. The van der Waals surface area contributed by atoms with Crippen LogP contribution in [0.1, 0.15) is 44.9 Å². The van der Waals surface area contributed by atoms with Gasteiger partial charge in [0.05, 0.1) is 30.7 Å². The SMILES string of the molecule is CCOc1ccccc1OCCn1c(CNC(=O)C2CCCCC2)nc2ccccc21. The highest BCUT2D eigenvalue weighted by molar-refractivity contribution is 5.79. The zero-order valence-electron chi connectivity index (χ0n) is 18.2. The number of imidazole rings is 1. The van der Waals surface area contributed by atoms with Crippen molar-refractivity contribution < 1.29 is 14.3 Å². The Kier molecular flexibility index (Phi) is 7.07. The number of ether oxygens (including phenoxy) is 2. The monoisotopic (exact) mass is 421 g/mol. The van der Waals surface area contributed by atoms with Crippen LogP contribution >= 0.6 is 0 Å². The molecule has 0 spiro atoms. The molecule has 0 atom stereocenters. The van der Waals surface area contributed by atoms with Crippen molar-refractivity contribution in [2.45, 2.75) is 52.1 Å². The standard InChI is InChI=1S/C25H31N3O3/c1-2-30-22-14-8-9-15-23(22)31-17-16-28-21-13-7-6-12-20(21)27-24(28)18-26-25(29)19-10-4-3-5-11-19/h6-9,12-15,19H,2-5,10-11,16-18H2,1H3,(H,26,29). The number of carbonyl (C=O) groups excluding carboxylic acids is 1. The Labute approximate surface area is 183 Å². The van der Waals surface area contributed by atoms with Crippen LogP contribution in [0.3, 0.4) is 0 Å². The number of rotatable bonds is 9. The second-order valence-corrected chi connectivity index (χ2v) is 7.95. The molecule has 6 heteroatoms. The Balaban J connectivity index is 1.44. The lowest BCUT2D eigenvalue weighted by molar-refractivity contribution is -0.126. The molecule has 1 N–H and O–H groups in total. The van der Waals surface area contributed by atoms with Crippen molar-refractivity contribution in [2.24, 2.45) is 5.92 Å². The van der Waals surface area contributed by atoms with Crippen molar-refractivity contribution in [2.75, 3.05) is 13.2 Å². The minimum Gasteiger partial charge on any atom is -0.490 e. The van der Waals surface area contributed by atoms with Crippen molar-refractivity contribution >= 4 is 16.9 Å². The molecule has 6 nitrogen and oxygen atoms in total. The number of nitrogens with one attached hydrogen (secondary N) is 1. The van der Waals surface area contributed by atoms with Crippen LogP contribution in [0.15, 0.2) is 48.5 Å². The number of para-hydroxylation sites is 4. The number of amides is 1. The fourth-order valence-corrected chi connectivity index (χ4v) is 4.28. The molecule has 1 aliphatic rings. The normalized spacial score (nSPS) is 14.5. The van der Waals surface area contributed by atoms with E-state index >= 15 is 0 Å². The molecule has 0 unspecified atom stereocenters. The van der Waals surface area contributed by atoms with E-state index < -0.39 is 0 Å². The molecule has 1 saturated carbocycles. The van der Waals surface area contributed by atoms with Crippen LogP contribution in [0.25, 0.3) is 11.0 Å². The topological polar surface area (TPSA) is 65.4 Å². The summed E-state index contributed by atoms with van der Waals surface area (Å²) in [6, 6.07) is 15.8. The lowest BCUT2D eigenvalue weighted by Crippen LogP contribution is -2.32. The van der Waals surface area contributed by atoms with E-state index in [-0.39, 0.29) is 11.8 Å². The lowest BCUT2D eigenvalue weighted by atomic mass is 9.89. The van der Waals surface area contributed by atoms with Gasteiger partial charge in [0, 0.05) is 5.92 Å². The molecule has 31 heavy (non-hydrogen) atoms.